The van der Waals surface area contributed by atoms with Crippen LogP contribution >= 0.6 is 35.4 Å². The lowest BCUT2D eigenvalue weighted by Gasteiger charge is -2.14. The van der Waals surface area contributed by atoms with Crippen molar-refractivity contribution in [2.24, 2.45) is 0 Å². The van der Waals surface area contributed by atoms with Crippen LogP contribution in [0, 0.1) is 0 Å². The first-order valence-electron chi connectivity index (χ1n) is 9.08. The summed E-state index contributed by atoms with van der Waals surface area (Å²) in [5, 5.41) is 4.51. The molecular weight excluding hydrogens is 409 g/mol. The quantitative estimate of drug-likeness (QED) is 0.427. The predicted octanol–water partition coefficient (Wildman–Crippen LogP) is 6.60. The number of benzene rings is 3. The highest BCUT2D eigenvalue weighted by atomic mass is 35.5. The van der Waals surface area contributed by atoms with Gasteiger partial charge in [0, 0.05) is 22.2 Å². The van der Waals surface area contributed by atoms with E-state index in [0.717, 1.165) is 17.5 Å². The van der Waals surface area contributed by atoms with Gasteiger partial charge in [-0.1, -0.05) is 84.8 Å². The van der Waals surface area contributed by atoms with Crippen molar-refractivity contribution < 1.29 is 4.74 Å². The number of hydrogen-bond acceptors (Lipinski definition) is 2. The molecule has 0 spiro atoms. The highest BCUT2D eigenvalue weighted by Crippen LogP contribution is 2.24. The number of thiocarbonyl (C=S) groups is 1. The Morgan fingerprint density at radius 1 is 0.964 bits per heavy atom. The summed E-state index contributed by atoms with van der Waals surface area (Å²) in [6.07, 6.45) is 1.04. The molecule has 0 aliphatic rings. The molecule has 3 aromatic rings. The summed E-state index contributed by atoms with van der Waals surface area (Å²) in [5.74, 6) is 0.715. The van der Waals surface area contributed by atoms with Gasteiger partial charge in [0.2, 0.25) is 0 Å². The number of aryl methyl sites for hydroxylation is 1. The van der Waals surface area contributed by atoms with E-state index in [1.54, 1.807) is 12.1 Å². The molecule has 0 atom stereocenters. The molecule has 3 rings (SSSR count). The van der Waals surface area contributed by atoms with Crippen molar-refractivity contribution in [2.45, 2.75) is 26.5 Å². The first kappa shape index (κ1) is 20.7. The Labute approximate surface area is 181 Å². The normalized spacial score (nSPS) is 10.5. The lowest BCUT2D eigenvalue weighted by atomic mass is 10.1. The van der Waals surface area contributed by atoms with Crippen molar-refractivity contribution in [2.75, 3.05) is 0 Å². The zero-order valence-electron chi connectivity index (χ0n) is 15.5. The predicted molar refractivity (Wildman–Crippen MR) is 122 cm³/mol. The van der Waals surface area contributed by atoms with Crippen LogP contribution in [0.1, 0.15) is 29.2 Å². The van der Waals surface area contributed by atoms with Gasteiger partial charge in [0.15, 0.2) is 0 Å². The van der Waals surface area contributed by atoms with E-state index in [2.05, 4.69) is 36.5 Å². The van der Waals surface area contributed by atoms with Crippen LogP contribution in [0.2, 0.25) is 10.0 Å². The van der Waals surface area contributed by atoms with Crippen molar-refractivity contribution in [1.82, 2.24) is 5.32 Å². The summed E-state index contributed by atoms with van der Waals surface area (Å²) >= 11 is 17.8. The van der Waals surface area contributed by atoms with E-state index in [0.29, 0.717) is 33.9 Å². The topological polar surface area (TPSA) is 21.3 Å². The first-order valence-corrected chi connectivity index (χ1v) is 10.2. The van der Waals surface area contributed by atoms with Gasteiger partial charge in [-0.15, -0.1) is 0 Å². The number of para-hydroxylation sites is 1. The second-order valence-electron chi connectivity index (χ2n) is 6.37. The summed E-state index contributed by atoms with van der Waals surface area (Å²) in [6, 6.07) is 21.6. The van der Waals surface area contributed by atoms with Crippen LogP contribution < -0.4 is 10.1 Å². The summed E-state index contributed by atoms with van der Waals surface area (Å²) in [4.78, 5) is 0.650. The van der Waals surface area contributed by atoms with Crippen LogP contribution in [-0.4, -0.2) is 4.99 Å². The Bertz CT molecular complexity index is 957. The molecule has 0 radical (unpaired) electrons. The summed E-state index contributed by atoms with van der Waals surface area (Å²) < 4.78 is 5.99. The Morgan fingerprint density at radius 3 is 2.39 bits per heavy atom. The van der Waals surface area contributed by atoms with Gasteiger partial charge in [-0.05, 0) is 41.8 Å². The fourth-order valence-electron chi connectivity index (χ4n) is 2.74. The molecule has 0 aliphatic carbocycles. The SMILES string of the molecule is CCc1ccc(CNC(=S)c2ccccc2OCc2ccc(Cl)cc2Cl)cc1. The van der Waals surface area contributed by atoms with Crippen LogP contribution in [0.4, 0.5) is 0 Å². The van der Waals surface area contributed by atoms with Gasteiger partial charge in [0.1, 0.15) is 17.3 Å². The Kier molecular flexibility index (Phi) is 7.32. The number of rotatable bonds is 7. The molecule has 0 amide bonds. The van der Waals surface area contributed by atoms with E-state index in [1.165, 1.54) is 11.1 Å². The van der Waals surface area contributed by atoms with Gasteiger partial charge >= 0.3 is 0 Å². The molecule has 0 aromatic heterocycles. The molecule has 28 heavy (non-hydrogen) atoms. The molecule has 1 N–H and O–H groups in total. The van der Waals surface area contributed by atoms with Crippen LogP contribution in [0.25, 0.3) is 0 Å². The monoisotopic (exact) mass is 429 g/mol. The molecule has 0 saturated carbocycles. The maximum atomic E-state index is 6.23. The number of hydrogen-bond donors (Lipinski definition) is 1. The fourth-order valence-corrected chi connectivity index (χ4v) is 3.45. The molecule has 2 nitrogen and oxygen atoms in total. The van der Waals surface area contributed by atoms with Crippen molar-refractivity contribution in [3.05, 3.63) is 99.0 Å². The fraction of sp³-hybridized carbons (Fsp3) is 0.174. The second-order valence-corrected chi connectivity index (χ2v) is 7.63. The van der Waals surface area contributed by atoms with Crippen LogP contribution in [0.5, 0.6) is 5.75 Å². The lowest BCUT2D eigenvalue weighted by molar-refractivity contribution is 0.305. The molecule has 3 aromatic carbocycles. The molecule has 144 valence electrons. The Balaban J connectivity index is 1.65. The number of ether oxygens (including phenoxy) is 1. The maximum absolute atomic E-state index is 6.23. The van der Waals surface area contributed by atoms with Gasteiger partial charge < -0.3 is 10.1 Å². The van der Waals surface area contributed by atoms with Gasteiger partial charge in [0.25, 0.3) is 0 Å². The standard InChI is InChI=1S/C23H21Cl2NOS/c1-2-16-7-9-17(10-8-16)14-26-23(28)20-5-3-4-6-22(20)27-15-18-11-12-19(24)13-21(18)25/h3-13H,2,14-15H2,1H3,(H,26,28). The highest BCUT2D eigenvalue weighted by molar-refractivity contribution is 7.80. The first-order chi connectivity index (χ1) is 13.6. The van der Waals surface area contributed by atoms with Crippen molar-refractivity contribution >= 4 is 40.4 Å². The van der Waals surface area contributed by atoms with Crippen LogP contribution in [0.15, 0.2) is 66.7 Å². The summed E-state index contributed by atoms with van der Waals surface area (Å²) in [6.45, 7) is 3.16. The number of nitrogens with one attached hydrogen (secondary N) is 1. The van der Waals surface area contributed by atoms with Crippen molar-refractivity contribution in [3.63, 3.8) is 0 Å². The third kappa shape index (κ3) is 5.48. The van der Waals surface area contributed by atoms with E-state index in [4.69, 9.17) is 40.2 Å². The highest BCUT2D eigenvalue weighted by Gasteiger charge is 2.10. The molecule has 0 unspecified atom stereocenters. The summed E-state index contributed by atoms with van der Waals surface area (Å²) in [7, 11) is 0. The van der Waals surface area contributed by atoms with Gasteiger partial charge in [-0.3, -0.25) is 0 Å². The van der Waals surface area contributed by atoms with Crippen LogP contribution in [-0.2, 0) is 19.6 Å². The third-order valence-corrected chi connectivity index (χ3v) is 5.37. The van der Waals surface area contributed by atoms with Crippen molar-refractivity contribution in [3.8, 4) is 5.75 Å². The minimum Gasteiger partial charge on any atom is -0.488 e. The Morgan fingerprint density at radius 2 is 1.68 bits per heavy atom. The van der Waals surface area contributed by atoms with Gasteiger partial charge in [0.05, 0.1) is 5.56 Å². The molecular formula is C23H21Cl2NOS. The molecule has 0 bridgehead atoms. The van der Waals surface area contributed by atoms with Gasteiger partial charge in [-0.2, -0.15) is 0 Å². The maximum Gasteiger partial charge on any atom is 0.129 e. The second kappa shape index (κ2) is 9.92. The lowest BCUT2D eigenvalue weighted by Crippen LogP contribution is -2.22. The van der Waals surface area contributed by atoms with Gasteiger partial charge in [-0.25, -0.2) is 0 Å². The van der Waals surface area contributed by atoms with Crippen molar-refractivity contribution in [1.29, 1.82) is 0 Å². The third-order valence-electron chi connectivity index (χ3n) is 4.41. The minimum atomic E-state index is 0.341. The molecule has 5 heteroatoms. The minimum absolute atomic E-state index is 0.341. The summed E-state index contributed by atoms with van der Waals surface area (Å²) in [5.41, 5.74) is 4.24. The van der Waals surface area contributed by atoms with E-state index in [1.807, 2.05) is 30.3 Å². The largest absolute Gasteiger partial charge is 0.488 e. The van der Waals surface area contributed by atoms with E-state index >= 15 is 0 Å². The van der Waals surface area contributed by atoms with E-state index < -0.39 is 0 Å². The average molecular weight is 430 g/mol. The molecule has 0 fully saturated rings. The Hall–Kier alpha value is -2.07. The molecule has 0 aliphatic heterocycles. The molecule has 0 saturated heterocycles. The number of halogens is 2. The average Bonchev–Trinajstić information content (AvgIpc) is 2.72. The van der Waals surface area contributed by atoms with E-state index in [-0.39, 0.29) is 0 Å². The van der Waals surface area contributed by atoms with Crippen LogP contribution in [0.3, 0.4) is 0 Å². The molecule has 0 heterocycles. The zero-order valence-corrected chi connectivity index (χ0v) is 17.9. The van der Waals surface area contributed by atoms with E-state index in [9.17, 15) is 0 Å². The zero-order chi connectivity index (χ0) is 19.9. The smallest absolute Gasteiger partial charge is 0.129 e.